The number of thiophene rings is 1. The molecular formula is C17H25NOS. The highest BCUT2D eigenvalue weighted by molar-refractivity contribution is 7.17. The number of likely N-dealkylation sites (N-methyl/N-ethyl adjacent to an activating group) is 1. The molecule has 20 heavy (non-hydrogen) atoms. The molecule has 0 amide bonds. The van der Waals surface area contributed by atoms with Gasteiger partial charge in [-0.25, -0.2) is 0 Å². The summed E-state index contributed by atoms with van der Waals surface area (Å²) in [5.74, 6) is 0. The molecule has 0 aliphatic carbocycles. The van der Waals surface area contributed by atoms with E-state index in [0.29, 0.717) is 6.04 Å². The Bertz CT molecular complexity index is 518. The van der Waals surface area contributed by atoms with Crippen molar-refractivity contribution in [2.24, 2.45) is 0 Å². The summed E-state index contributed by atoms with van der Waals surface area (Å²) >= 11 is 1.80. The van der Waals surface area contributed by atoms with E-state index in [1.54, 1.807) is 11.3 Å². The van der Waals surface area contributed by atoms with Crippen LogP contribution in [0.3, 0.4) is 0 Å². The van der Waals surface area contributed by atoms with E-state index >= 15 is 0 Å². The van der Waals surface area contributed by atoms with Gasteiger partial charge in [-0.3, -0.25) is 4.90 Å². The Morgan fingerprint density at radius 1 is 1.20 bits per heavy atom. The van der Waals surface area contributed by atoms with Crippen molar-refractivity contribution in [1.82, 2.24) is 4.90 Å². The van der Waals surface area contributed by atoms with Crippen LogP contribution < -0.4 is 0 Å². The highest BCUT2D eigenvalue weighted by Crippen LogP contribution is 2.21. The molecule has 110 valence electrons. The first-order valence-electron chi connectivity index (χ1n) is 7.52. The molecule has 2 aromatic rings. The van der Waals surface area contributed by atoms with Gasteiger partial charge in [-0.05, 0) is 54.9 Å². The van der Waals surface area contributed by atoms with Crippen LogP contribution in [0.5, 0.6) is 0 Å². The van der Waals surface area contributed by atoms with Gasteiger partial charge in [-0.2, -0.15) is 0 Å². The van der Waals surface area contributed by atoms with Gasteiger partial charge >= 0.3 is 0 Å². The second-order valence-corrected chi connectivity index (χ2v) is 6.14. The van der Waals surface area contributed by atoms with Crippen LogP contribution in [0.4, 0.5) is 0 Å². The monoisotopic (exact) mass is 291 g/mol. The zero-order valence-electron chi connectivity index (χ0n) is 12.8. The summed E-state index contributed by atoms with van der Waals surface area (Å²) in [5, 5.41) is 3.50. The largest absolute Gasteiger partial charge is 0.379 e. The molecule has 0 bridgehead atoms. The molecule has 1 aromatic carbocycles. The lowest BCUT2D eigenvalue weighted by molar-refractivity contribution is 0.0725. The fraction of sp³-hybridized carbons (Fsp3) is 0.529. The molecule has 0 saturated carbocycles. The van der Waals surface area contributed by atoms with Gasteiger partial charge in [0.05, 0.1) is 13.2 Å². The van der Waals surface area contributed by atoms with Crippen molar-refractivity contribution in [3.05, 3.63) is 35.2 Å². The van der Waals surface area contributed by atoms with Gasteiger partial charge in [-0.15, -0.1) is 11.3 Å². The third-order valence-corrected chi connectivity index (χ3v) is 4.74. The maximum absolute atomic E-state index is 5.84. The number of ether oxygens (including phenoxy) is 1. The maximum atomic E-state index is 5.84. The zero-order valence-corrected chi connectivity index (χ0v) is 13.6. The van der Waals surface area contributed by atoms with Crippen molar-refractivity contribution in [3.8, 4) is 0 Å². The third kappa shape index (κ3) is 4.05. The van der Waals surface area contributed by atoms with Gasteiger partial charge in [-0.1, -0.05) is 26.0 Å². The Morgan fingerprint density at radius 2 is 2.00 bits per heavy atom. The van der Waals surface area contributed by atoms with Crippen LogP contribution >= 0.6 is 11.3 Å². The third-order valence-electron chi connectivity index (χ3n) is 3.85. The van der Waals surface area contributed by atoms with Crippen LogP contribution in [0.25, 0.3) is 10.1 Å². The normalized spacial score (nSPS) is 13.2. The second kappa shape index (κ2) is 7.77. The number of hydrogen-bond donors (Lipinski definition) is 0. The first kappa shape index (κ1) is 15.5. The summed E-state index contributed by atoms with van der Waals surface area (Å²) in [4.78, 5) is 2.43. The molecule has 2 nitrogen and oxygen atoms in total. The standard InChI is InChI=1S/C17H25NOS/c1-4-18(5-2)14(3)13-19-10-8-15-6-7-17-16(12-15)9-11-20-17/h6-7,9,11-12,14H,4-5,8,10,13H2,1-3H3. The lowest BCUT2D eigenvalue weighted by atomic mass is 10.1. The van der Waals surface area contributed by atoms with E-state index in [1.165, 1.54) is 15.6 Å². The van der Waals surface area contributed by atoms with Crippen molar-refractivity contribution in [1.29, 1.82) is 0 Å². The van der Waals surface area contributed by atoms with Crippen LogP contribution in [-0.2, 0) is 11.2 Å². The van der Waals surface area contributed by atoms with Gasteiger partial charge in [0.2, 0.25) is 0 Å². The molecule has 0 aliphatic heterocycles. The Morgan fingerprint density at radius 3 is 2.75 bits per heavy atom. The zero-order chi connectivity index (χ0) is 14.4. The molecule has 0 fully saturated rings. The molecule has 0 saturated heterocycles. The Hall–Kier alpha value is -0.900. The summed E-state index contributed by atoms with van der Waals surface area (Å²) in [6, 6.07) is 9.41. The van der Waals surface area contributed by atoms with Gasteiger partial charge in [0.15, 0.2) is 0 Å². The smallest absolute Gasteiger partial charge is 0.0619 e. The van der Waals surface area contributed by atoms with E-state index in [9.17, 15) is 0 Å². The molecule has 1 aromatic heterocycles. The van der Waals surface area contributed by atoms with Crippen molar-refractivity contribution >= 4 is 21.4 Å². The maximum Gasteiger partial charge on any atom is 0.0619 e. The van der Waals surface area contributed by atoms with E-state index in [0.717, 1.165) is 32.7 Å². The number of rotatable bonds is 8. The molecule has 0 radical (unpaired) electrons. The van der Waals surface area contributed by atoms with Crippen LogP contribution in [0.1, 0.15) is 26.3 Å². The number of fused-ring (bicyclic) bond motifs is 1. The summed E-state index contributed by atoms with van der Waals surface area (Å²) in [6.07, 6.45) is 0.997. The van der Waals surface area contributed by atoms with Crippen LogP contribution in [-0.4, -0.2) is 37.2 Å². The van der Waals surface area contributed by atoms with Crippen molar-refractivity contribution < 1.29 is 4.74 Å². The first-order valence-corrected chi connectivity index (χ1v) is 8.40. The quantitative estimate of drug-likeness (QED) is 0.676. The average molecular weight is 291 g/mol. The predicted molar refractivity (Wildman–Crippen MR) is 88.7 cm³/mol. The highest BCUT2D eigenvalue weighted by atomic mass is 32.1. The molecule has 1 heterocycles. The minimum atomic E-state index is 0.504. The molecule has 0 N–H and O–H groups in total. The average Bonchev–Trinajstić information content (AvgIpc) is 2.92. The topological polar surface area (TPSA) is 12.5 Å². The van der Waals surface area contributed by atoms with E-state index in [1.807, 2.05) is 0 Å². The fourth-order valence-corrected chi connectivity index (χ4v) is 3.34. The van der Waals surface area contributed by atoms with E-state index in [2.05, 4.69) is 55.3 Å². The number of hydrogen-bond acceptors (Lipinski definition) is 3. The van der Waals surface area contributed by atoms with Crippen molar-refractivity contribution in [2.75, 3.05) is 26.3 Å². The van der Waals surface area contributed by atoms with Crippen LogP contribution in [0, 0.1) is 0 Å². The Kier molecular flexibility index (Phi) is 6.02. The lowest BCUT2D eigenvalue weighted by Crippen LogP contribution is -2.36. The number of nitrogens with zero attached hydrogens (tertiary/aromatic N) is 1. The predicted octanol–water partition coefficient (Wildman–Crippen LogP) is 4.19. The summed E-state index contributed by atoms with van der Waals surface area (Å²) in [6.45, 7) is 10.5. The van der Waals surface area contributed by atoms with Gasteiger partial charge in [0.1, 0.15) is 0 Å². The minimum Gasteiger partial charge on any atom is -0.379 e. The van der Waals surface area contributed by atoms with E-state index < -0.39 is 0 Å². The van der Waals surface area contributed by atoms with Gasteiger partial charge in [0.25, 0.3) is 0 Å². The molecule has 0 aliphatic rings. The molecule has 3 heteroatoms. The lowest BCUT2D eigenvalue weighted by Gasteiger charge is -2.26. The van der Waals surface area contributed by atoms with Gasteiger partial charge in [0, 0.05) is 10.7 Å². The van der Waals surface area contributed by atoms with E-state index in [4.69, 9.17) is 4.74 Å². The van der Waals surface area contributed by atoms with Gasteiger partial charge < -0.3 is 4.74 Å². The SMILES string of the molecule is CCN(CC)C(C)COCCc1ccc2sccc2c1. The summed E-state index contributed by atoms with van der Waals surface area (Å²) in [7, 11) is 0. The van der Waals surface area contributed by atoms with Crippen molar-refractivity contribution in [2.45, 2.75) is 33.2 Å². The van der Waals surface area contributed by atoms with E-state index in [-0.39, 0.29) is 0 Å². The molecule has 0 spiro atoms. The molecule has 2 rings (SSSR count). The fourth-order valence-electron chi connectivity index (χ4n) is 2.57. The highest BCUT2D eigenvalue weighted by Gasteiger charge is 2.09. The summed E-state index contributed by atoms with van der Waals surface area (Å²) in [5.41, 5.74) is 1.37. The minimum absolute atomic E-state index is 0.504. The number of benzene rings is 1. The second-order valence-electron chi connectivity index (χ2n) is 5.19. The Balaban J connectivity index is 1.75. The first-order chi connectivity index (χ1) is 9.74. The molecule has 1 unspecified atom stereocenters. The van der Waals surface area contributed by atoms with Crippen LogP contribution in [0.15, 0.2) is 29.6 Å². The Labute approximate surface area is 126 Å². The molecular weight excluding hydrogens is 266 g/mol. The van der Waals surface area contributed by atoms with Crippen molar-refractivity contribution in [3.63, 3.8) is 0 Å². The van der Waals surface area contributed by atoms with Crippen LogP contribution in [0.2, 0.25) is 0 Å². The molecule has 1 atom stereocenters. The summed E-state index contributed by atoms with van der Waals surface area (Å²) < 4.78 is 7.20.